The van der Waals surface area contributed by atoms with Gasteiger partial charge in [0, 0.05) is 5.57 Å². The number of carboxylic acids is 1. The summed E-state index contributed by atoms with van der Waals surface area (Å²) in [5.41, 5.74) is 0.598. The number of carbonyl (C=O) groups is 1. The Morgan fingerprint density at radius 2 is 1.73 bits per heavy atom. The van der Waals surface area contributed by atoms with E-state index < -0.39 is 14.0 Å². The zero-order valence-corrected chi connectivity index (χ0v) is 11.5. The molecule has 0 bridgehead atoms. The van der Waals surface area contributed by atoms with E-state index in [9.17, 15) is 4.79 Å². The molecule has 0 rings (SSSR count). The summed E-state index contributed by atoms with van der Waals surface area (Å²) >= 11 is 0. The Morgan fingerprint density at radius 3 is 2.00 bits per heavy atom. The lowest BCUT2D eigenvalue weighted by molar-refractivity contribution is -0.132. The molecule has 15 heavy (non-hydrogen) atoms. The molecule has 0 heterocycles. The lowest BCUT2D eigenvalue weighted by Gasteiger charge is -2.33. The third-order valence-corrected chi connectivity index (χ3v) is 9.21. The minimum absolute atomic E-state index is 0.190. The summed E-state index contributed by atoms with van der Waals surface area (Å²) in [6.07, 6.45) is 2.31. The molecule has 0 aliphatic heterocycles. The molecule has 2 nitrogen and oxygen atoms in total. The number of rotatable bonds is 7. The van der Waals surface area contributed by atoms with Gasteiger partial charge >= 0.3 is 5.97 Å². The highest BCUT2D eigenvalue weighted by Gasteiger charge is 2.35. The Labute approximate surface area is 94.4 Å². The summed E-state index contributed by atoms with van der Waals surface area (Å²) in [6, 6.07) is 2.41. The Hall–Kier alpha value is -0.573. The van der Waals surface area contributed by atoms with Crippen LogP contribution in [0.3, 0.4) is 0 Å². The van der Waals surface area contributed by atoms with Crippen LogP contribution in [0.1, 0.15) is 33.6 Å². The number of aliphatic carboxylic acids is 1. The van der Waals surface area contributed by atoms with Crippen LogP contribution in [-0.2, 0) is 4.79 Å². The molecule has 0 saturated heterocycles. The Kier molecular flexibility index (Phi) is 5.87. The van der Waals surface area contributed by atoms with E-state index in [1.54, 1.807) is 0 Å². The molecule has 0 aliphatic carbocycles. The van der Waals surface area contributed by atoms with Crippen LogP contribution in [0.15, 0.2) is 12.2 Å². The maximum atomic E-state index is 10.9. The first-order chi connectivity index (χ1) is 6.89. The second kappa shape index (κ2) is 6.11. The second-order valence-corrected chi connectivity index (χ2v) is 9.88. The summed E-state index contributed by atoms with van der Waals surface area (Å²) < 4.78 is 0. The van der Waals surface area contributed by atoms with E-state index in [4.69, 9.17) is 5.11 Å². The van der Waals surface area contributed by atoms with Gasteiger partial charge in [-0.15, -0.1) is 0 Å². The maximum absolute atomic E-state index is 10.9. The zero-order valence-electron chi connectivity index (χ0n) is 10.5. The molecule has 0 radical (unpaired) electrons. The highest BCUT2D eigenvalue weighted by molar-refractivity contribution is 6.80. The SMILES string of the molecule is C=C(C(=O)O)C(C)[Si](C)(CCC)CCC. The molecular formula is C12H24O2Si. The molecule has 3 heteroatoms. The van der Waals surface area contributed by atoms with E-state index in [2.05, 4.69) is 27.0 Å². The zero-order chi connectivity index (χ0) is 12.1. The van der Waals surface area contributed by atoms with Crippen LogP contribution >= 0.6 is 0 Å². The van der Waals surface area contributed by atoms with Crippen molar-refractivity contribution in [2.45, 2.75) is 57.8 Å². The molecule has 0 spiro atoms. The van der Waals surface area contributed by atoms with Gasteiger partial charge in [0.15, 0.2) is 0 Å². The van der Waals surface area contributed by atoms with Crippen molar-refractivity contribution in [3.05, 3.63) is 12.2 Å². The smallest absolute Gasteiger partial charge is 0.330 e. The maximum Gasteiger partial charge on any atom is 0.330 e. The highest BCUT2D eigenvalue weighted by atomic mass is 28.3. The largest absolute Gasteiger partial charge is 0.478 e. The first kappa shape index (κ1) is 14.4. The van der Waals surface area contributed by atoms with E-state index in [-0.39, 0.29) is 5.54 Å². The summed E-state index contributed by atoms with van der Waals surface area (Å²) in [7, 11) is -1.46. The molecule has 0 aromatic heterocycles. The first-order valence-corrected chi connectivity index (χ1v) is 8.80. The van der Waals surface area contributed by atoms with Crippen LogP contribution in [0.2, 0.25) is 24.2 Å². The lowest BCUT2D eigenvalue weighted by Crippen LogP contribution is -2.36. The van der Waals surface area contributed by atoms with Gasteiger partial charge in [-0.2, -0.15) is 0 Å². The summed E-state index contributed by atoms with van der Waals surface area (Å²) in [6.45, 7) is 12.4. The van der Waals surface area contributed by atoms with Gasteiger partial charge in [-0.25, -0.2) is 4.79 Å². The third-order valence-electron chi connectivity index (χ3n) is 3.49. The van der Waals surface area contributed by atoms with Crippen LogP contribution in [0.4, 0.5) is 0 Å². The molecule has 0 aromatic carbocycles. The molecular weight excluding hydrogens is 204 g/mol. The Morgan fingerprint density at radius 1 is 1.33 bits per heavy atom. The van der Waals surface area contributed by atoms with Crippen molar-refractivity contribution in [2.24, 2.45) is 0 Å². The molecule has 0 aromatic rings. The van der Waals surface area contributed by atoms with Crippen LogP contribution in [0, 0.1) is 0 Å². The van der Waals surface area contributed by atoms with Gasteiger partial charge < -0.3 is 5.11 Å². The van der Waals surface area contributed by atoms with Gasteiger partial charge in [0.1, 0.15) is 0 Å². The number of hydrogen-bond acceptors (Lipinski definition) is 1. The molecule has 1 unspecified atom stereocenters. The van der Waals surface area contributed by atoms with Gasteiger partial charge in [-0.3, -0.25) is 0 Å². The predicted molar refractivity (Wildman–Crippen MR) is 68.0 cm³/mol. The van der Waals surface area contributed by atoms with E-state index in [0.29, 0.717) is 5.57 Å². The second-order valence-electron chi connectivity index (χ2n) is 4.71. The fraction of sp³-hybridized carbons (Fsp3) is 0.750. The van der Waals surface area contributed by atoms with E-state index in [1.807, 2.05) is 6.92 Å². The van der Waals surface area contributed by atoms with Gasteiger partial charge in [-0.1, -0.05) is 58.8 Å². The van der Waals surface area contributed by atoms with Gasteiger partial charge in [0.2, 0.25) is 0 Å². The molecule has 88 valence electrons. The summed E-state index contributed by atoms with van der Waals surface area (Å²) in [4.78, 5) is 10.9. The van der Waals surface area contributed by atoms with Crippen molar-refractivity contribution in [3.63, 3.8) is 0 Å². The number of carboxylic acid groups (broad SMARTS) is 1. The van der Waals surface area contributed by atoms with Crippen LogP contribution in [-0.4, -0.2) is 19.1 Å². The normalized spacial score (nSPS) is 13.6. The predicted octanol–water partition coefficient (Wildman–Crippen LogP) is 3.92. The molecule has 0 amide bonds. The molecule has 1 atom stereocenters. The third kappa shape index (κ3) is 3.82. The Bertz CT molecular complexity index is 230. The standard InChI is InChI=1S/C12H24O2Si/c1-6-8-15(5,9-7-2)11(4)10(3)12(13)14/h11H,3,6-9H2,1-2,4-5H3,(H,13,14). The van der Waals surface area contributed by atoms with Gasteiger partial charge in [0.05, 0.1) is 8.07 Å². The van der Waals surface area contributed by atoms with E-state index >= 15 is 0 Å². The minimum atomic E-state index is -1.46. The highest BCUT2D eigenvalue weighted by Crippen LogP contribution is 2.36. The number of hydrogen-bond donors (Lipinski definition) is 1. The molecule has 0 aliphatic rings. The quantitative estimate of drug-likeness (QED) is 0.530. The van der Waals surface area contributed by atoms with Crippen LogP contribution in [0.5, 0.6) is 0 Å². The van der Waals surface area contributed by atoms with Crippen molar-refractivity contribution in [1.29, 1.82) is 0 Å². The van der Waals surface area contributed by atoms with Crippen molar-refractivity contribution in [3.8, 4) is 0 Å². The van der Waals surface area contributed by atoms with Gasteiger partial charge in [0.25, 0.3) is 0 Å². The van der Waals surface area contributed by atoms with E-state index in [1.165, 1.54) is 12.1 Å². The Balaban J connectivity index is 4.75. The fourth-order valence-corrected chi connectivity index (χ4v) is 6.67. The van der Waals surface area contributed by atoms with Crippen molar-refractivity contribution in [2.75, 3.05) is 0 Å². The van der Waals surface area contributed by atoms with E-state index in [0.717, 1.165) is 12.8 Å². The molecule has 0 fully saturated rings. The summed E-state index contributed by atoms with van der Waals surface area (Å²) in [5.74, 6) is -0.826. The minimum Gasteiger partial charge on any atom is -0.478 e. The van der Waals surface area contributed by atoms with Crippen molar-refractivity contribution >= 4 is 14.0 Å². The monoisotopic (exact) mass is 228 g/mol. The average Bonchev–Trinajstić information content (AvgIpc) is 2.16. The average molecular weight is 228 g/mol. The topological polar surface area (TPSA) is 37.3 Å². The van der Waals surface area contributed by atoms with Crippen molar-refractivity contribution in [1.82, 2.24) is 0 Å². The lowest BCUT2D eigenvalue weighted by atomic mass is 10.2. The van der Waals surface area contributed by atoms with Crippen LogP contribution in [0.25, 0.3) is 0 Å². The molecule has 0 saturated carbocycles. The fourth-order valence-electron chi connectivity index (χ4n) is 2.31. The summed E-state index contributed by atoms with van der Waals surface area (Å²) in [5, 5.41) is 8.97. The van der Waals surface area contributed by atoms with Gasteiger partial charge in [-0.05, 0) is 5.54 Å². The van der Waals surface area contributed by atoms with Crippen molar-refractivity contribution < 1.29 is 9.90 Å². The first-order valence-electron chi connectivity index (χ1n) is 5.81. The van der Waals surface area contributed by atoms with Crippen LogP contribution < -0.4 is 0 Å². The molecule has 1 N–H and O–H groups in total.